The summed E-state index contributed by atoms with van der Waals surface area (Å²) in [5, 5.41) is 2.97. The summed E-state index contributed by atoms with van der Waals surface area (Å²) in [4.78, 5) is 45.9. The van der Waals surface area contributed by atoms with Gasteiger partial charge in [0.2, 0.25) is 5.91 Å². The van der Waals surface area contributed by atoms with Gasteiger partial charge in [-0.15, -0.1) is 11.3 Å². The fourth-order valence-electron chi connectivity index (χ4n) is 3.66. The number of anilines is 2. The van der Waals surface area contributed by atoms with Crippen LogP contribution in [0.15, 0.2) is 28.1 Å². The molecule has 0 radical (unpaired) electrons. The molecule has 2 saturated heterocycles. The molecule has 0 spiro atoms. The van der Waals surface area contributed by atoms with Crippen molar-refractivity contribution in [3.8, 4) is 0 Å². The van der Waals surface area contributed by atoms with E-state index in [0.29, 0.717) is 36.1 Å². The molecule has 2 aromatic heterocycles. The molecule has 2 aliphatic heterocycles. The van der Waals surface area contributed by atoms with Crippen molar-refractivity contribution in [1.29, 1.82) is 0 Å². The van der Waals surface area contributed by atoms with Crippen LogP contribution in [0, 0.1) is 12.8 Å². The van der Waals surface area contributed by atoms with E-state index in [-0.39, 0.29) is 36.3 Å². The summed E-state index contributed by atoms with van der Waals surface area (Å²) in [6.45, 7) is 5.00. The Morgan fingerprint density at radius 3 is 2.73 bits per heavy atom. The zero-order valence-corrected chi connectivity index (χ0v) is 19.0. The maximum absolute atomic E-state index is 12.8. The van der Waals surface area contributed by atoms with Gasteiger partial charge in [0.15, 0.2) is 0 Å². The smallest absolute Gasteiger partial charge is 0.261 e. The number of ether oxygens (including phenoxy) is 1. The highest BCUT2D eigenvalue weighted by Crippen LogP contribution is 2.29. The van der Waals surface area contributed by atoms with E-state index in [1.165, 1.54) is 11.3 Å². The molecular weight excluding hydrogens is 472 g/mol. The third kappa shape index (κ3) is 3.99. The van der Waals surface area contributed by atoms with E-state index < -0.39 is 0 Å². The largest absolute Gasteiger partial charge is 0.370 e. The Balaban J connectivity index is 1.50. The first-order valence-corrected chi connectivity index (χ1v) is 11.2. The fraction of sp³-hybridized carbons (Fsp3) is 0.400. The molecule has 10 heteroatoms. The molecule has 2 aliphatic rings. The Kier molecular flexibility index (Phi) is 5.90. The summed E-state index contributed by atoms with van der Waals surface area (Å²) in [6, 6.07) is 6.82. The number of hydrogen-bond donors (Lipinski definition) is 1. The number of rotatable bonds is 4. The van der Waals surface area contributed by atoms with Crippen LogP contribution in [0.4, 0.5) is 11.5 Å². The van der Waals surface area contributed by atoms with Gasteiger partial charge in [0.1, 0.15) is 12.4 Å². The van der Waals surface area contributed by atoms with Gasteiger partial charge in [-0.1, -0.05) is 6.92 Å². The van der Waals surface area contributed by atoms with Crippen molar-refractivity contribution < 1.29 is 19.1 Å². The number of carbonyl (C=O) groups excluding carboxylic acids is 3. The number of pyridine rings is 1. The lowest BCUT2D eigenvalue weighted by Crippen LogP contribution is -2.42. The molecule has 2 fully saturated rings. The summed E-state index contributed by atoms with van der Waals surface area (Å²) in [7, 11) is 0. The van der Waals surface area contributed by atoms with Crippen LogP contribution in [-0.2, 0) is 14.3 Å². The van der Waals surface area contributed by atoms with Gasteiger partial charge in [0.25, 0.3) is 11.8 Å². The van der Waals surface area contributed by atoms with E-state index in [1.807, 2.05) is 26.0 Å². The van der Waals surface area contributed by atoms with Crippen LogP contribution in [-0.4, -0.2) is 55.1 Å². The minimum atomic E-state index is -0.361. The molecule has 0 bridgehead atoms. The Morgan fingerprint density at radius 2 is 2.07 bits per heavy atom. The maximum atomic E-state index is 12.8. The van der Waals surface area contributed by atoms with Crippen LogP contribution >= 0.6 is 27.3 Å². The molecule has 2 atom stereocenters. The SMILES string of the molecule is Cc1nc(N2CC(NC(=O)c3ccc(Br)s3)C(C)C2=O)ccc1N1CCOCC1=O. The number of hydrogen-bond acceptors (Lipinski definition) is 6. The van der Waals surface area contributed by atoms with Gasteiger partial charge >= 0.3 is 0 Å². The Hall–Kier alpha value is -2.30. The summed E-state index contributed by atoms with van der Waals surface area (Å²) < 4.78 is 6.06. The summed E-state index contributed by atoms with van der Waals surface area (Å²) >= 11 is 4.70. The molecule has 2 aromatic rings. The molecule has 30 heavy (non-hydrogen) atoms. The highest BCUT2D eigenvalue weighted by atomic mass is 79.9. The number of nitrogens with one attached hydrogen (secondary N) is 1. The molecule has 8 nitrogen and oxygen atoms in total. The summed E-state index contributed by atoms with van der Waals surface area (Å²) in [6.07, 6.45) is 0. The third-order valence-electron chi connectivity index (χ3n) is 5.35. The normalized spacial score (nSPS) is 22.0. The molecule has 0 aliphatic carbocycles. The molecule has 4 rings (SSSR count). The zero-order chi connectivity index (χ0) is 21.4. The molecule has 158 valence electrons. The van der Waals surface area contributed by atoms with Crippen molar-refractivity contribution in [1.82, 2.24) is 10.3 Å². The predicted octanol–water partition coefficient (Wildman–Crippen LogP) is 2.36. The van der Waals surface area contributed by atoms with Gasteiger partial charge in [-0.05, 0) is 47.1 Å². The van der Waals surface area contributed by atoms with E-state index in [0.717, 1.165) is 9.47 Å². The number of thiophene rings is 1. The summed E-state index contributed by atoms with van der Waals surface area (Å²) in [5.41, 5.74) is 1.39. The van der Waals surface area contributed by atoms with Crippen LogP contribution < -0.4 is 15.1 Å². The Morgan fingerprint density at radius 1 is 1.27 bits per heavy atom. The van der Waals surface area contributed by atoms with Crippen molar-refractivity contribution in [2.75, 3.05) is 36.1 Å². The number of halogens is 1. The Bertz CT molecular complexity index is 1010. The van der Waals surface area contributed by atoms with Crippen molar-refractivity contribution >= 4 is 56.5 Å². The van der Waals surface area contributed by atoms with E-state index in [1.54, 1.807) is 21.9 Å². The molecule has 2 unspecified atom stereocenters. The number of nitrogens with zero attached hydrogens (tertiary/aromatic N) is 3. The highest BCUT2D eigenvalue weighted by molar-refractivity contribution is 9.11. The quantitative estimate of drug-likeness (QED) is 0.707. The second kappa shape index (κ2) is 8.44. The molecule has 1 N–H and O–H groups in total. The van der Waals surface area contributed by atoms with Gasteiger partial charge in [-0.25, -0.2) is 4.98 Å². The Labute approximate surface area is 186 Å². The van der Waals surface area contributed by atoms with Crippen LogP contribution in [0.1, 0.15) is 22.3 Å². The minimum Gasteiger partial charge on any atom is -0.370 e. The van der Waals surface area contributed by atoms with Crippen molar-refractivity contribution in [3.05, 3.63) is 38.6 Å². The number of amides is 3. The number of morpholine rings is 1. The van der Waals surface area contributed by atoms with Gasteiger partial charge in [-0.2, -0.15) is 0 Å². The van der Waals surface area contributed by atoms with Crippen LogP contribution in [0.5, 0.6) is 0 Å². The van der Waals surface area contributed by atoms with Crippen molar-refractivity contribution in [2.45, 2.75) is 19.9 Å². The highest BCUT2D eigenvalue weighted by Gasteiger charge is 2.39. The summed E-state index contributed by atoms with van der Waals surface area (Å²) in [5.74, 6) is -0.227. The maximum Gasteiger partial charge on any atom is 0.261 e. The van der Waals surface area contributed by atoms with Gasteiger partial charge < -0.3 is 15.0 Å². The lowest BCUT2D eigenvalue weighted by Gasteiger charge is -2.28. The standard InChI is InChI=1S/C20H21BrN4O4S/c1-11-13(23-19(27)15-4-5-16(21)30-15)9-25(20(11)28)17-6-3-14(12(2)22-17)24-7-8-29-10-18(24)26/h3-6,11,13H,7-10H2,1-2H3,(H,23,27). The van der Waals surface area contributed by atoms with E-state index in [2.05, 4.69) is 26.2 Å². The first-order chi connectivity index (χ1) is 14.3. The van der Waals surface area contributed by atoms with Gasteiger partial charge in [0, 0.05) is 13.1 Å². The minimum absolute atomic E-state index is 0.0610. The molecule has 0 aromatic carbocycles. The molecular formula is C20H21BrN4O4S. The van der Waals surface area contributed by atoms with E-state index in [9.17, 15) is 14.4 Å². The van der Waals surface area contributed by atoms with Crippen molar-refractivity contribution in [2.24, 2.45) is 5.92 Å². The van der Waals surface area contributed by atoms with E-state index >= 15 is 0 Å². The third-order valence-corrected chi connectivity index (χ3v) is 6.97. The molecule has 3 amide bonds. The fourth-order valence-corrected chi connectivity index (χ4v) is 4.95. The number of aromatic nitrogens is 1. The van der Waals surface area contributed by atoms with Crippen LogP contribution in [0.3, 0.4) is 0 Å². The number of aryl methyl sites for hydroxylation is 1. The first kappa shape index (κ1) is 21.0. The second-order valence-electron chi connectivity index (χ2n) is 7.29. The van der Waals surface area contributed by atoms with E-state index in [4.69, 9.17) is 4.74 Å². The van der Waals surface area contributed by atoms with Crippen LogP contribution in [0.25, 0.3) is 0 Å². The zero-order valence-electron chi connectivity index (χ0n) is 16.6. The van der Waals surface area contributed by atoms with Gasteiger partial charge in [0.05, 0.1) is 38.6 Å². The molecule has 0 saturated carbocycles. The number of carbonyl (C=O) groups is 3. The topological polar surface area (TPSA) is 91.8 Å². The second-order valence-corrected chi connectivity index (χ2v) is 9.76. The lowest BCUT2D eigenvalue weighted by molar-refractivity contribution is -0.125. The average Bonchev–Trinajstić information content (AvgIpc) is 3.27. The molecule has 4 heterocycles. The first-order valence-electron chi connectivity index (χ1n) is 9.58. The predicted molar refractivity (Wildman–Crippen MR) is 117 cm³/mol. The monoisotopic (exact) mass is 492 g/mol. The lowest BCUT2D eigenvalue weighted by atomic mass is 10.1. The average molecular weight is 493 g/mol. The van der Waals surface area contributed by atoms with Crippen molar-refractivity contribution in [3.63, 3.8) is 0 Å². The van der Waals surface area contributed by atoms with Crippen LogP contribution in [0.2, 0.25) is 0 Å². The van der Waals surface area contributed by atoms with Gasteiger partial charge in [-0.3, -0.25) is 19.3 Å².